The third-order valence-electron chi connectivity index (χ3n) is 3.28. The fraction of sp³-hybridized carbons (Fsp3) is 0.286. The largest absolute Gasteiger partial charge is 0.355 e. The van der Waals surface area contributed by atoms with Gasteiger partial charge in [-0.25, -0.2) is 9.97 Å². The number of halogens is 1. The standard InChI is InChI=1S/C14H14ClN5O/c15-12-9-16-8-11(18-12)14(21)19-10-4-3-5-17-13(10)20-6-1-2-7-20/h3-5,8-9H,1-2,6-7H2,(H,19,21). The van der Waals surface area contributed by atoms with Crippen LogP contribution < -0.4 is 10.2 Å². The van der Waals surface area contributed by atoms with Crippen LogP contribution in [0.15, 0.2) is 30.7 Å². The van der Waals surface area contributed by atoms with Crippen molar-refractivity contribution < 1.29 is 4.79 Å². The summed E-state index contributed by atoms with van der Waals surface area (Å²) in [6.45, 7) is 1.91. The minimum absolute atomic E-state index is 0.179. The molecule has 21 heavy (non-hydrogen) atoms. The zero-order valence-electron chi connectivity index (χ0n) is 11.3. The highest BCUT2D eigenvalue weighted by Gasteiger charge is 2.18. The van der Waals surface area contributed by atoms with Gasteiger partial charge in [0.05, 0.1) is 18.1 Å². The quantitative estimate of drug-likeness (QED) is 0.942. The molecule has 1 saturated heterocycles. The van der Waals surface area contributed by atoms with E-state index >= 15 is 0 Å². The van der Waals surface area contributed by atoms with E-state index in [0.717, 1.165) is 31.7 Å². The topological polar surface area (TPSA) is 71.0 Å². The number of aromatic nitrogens is 3. The normalized spacial score (nSPS) is 14.2. The number of hydrogen-bond acceptors (Lipinski definition) is 5. The van der Waals surface area contributed by atoms with Crippen LogP contribution in [0.4, 0.5) is 11.5 Å². The van der Waals surface area contributed by atoms with Crippen molar-refractivity contribution in [3.8, 4) is 0 Å². The van der Waals surface area contributed by atoms with E-state index in [-0.39, 0.29) is 16.8 Å². The molecule has 2 aromatic rings. The molecule has 1 aliphatic heterocycles. The molecule has 2 aromatic heterocycles. The van der Waals surface area contributed by atoms with E-state index in [9.17, 15) is 4.79 Å². The Morgan fingerprint density at radius 2 is 2.10 bits per heavy atom. The molecule has 0 radical (unpaired) electrons. The number of amides is 1. The van der Waals surface area contributed by atoms with Crippen molar-refractivity contribution in [3.63, 3.8) is 0 Å². The first-order valence-electron chi connectivity index (χ1n) is 6.73. The SMILES string of the molecule is O=C(Nc1cccnc1N1CCCC1)c1cncc(Cl)n1. The van der Waals surface area contributed by atoms with Crippen LogP contribution in [-0.2, 0) is 0 Å². The van der Waals surface area contributed by atoms with Gasteiger partial charge in [0, 0.05) is 19.3 Å². The molecule has 7 heteroatoms. The summed E-state index contributed by atoms with van der Waals surface area (Å²) in [4.78, 5) is 26.6. The molecular weight excluding hydrogens is 290 g/mol. The molecule has 0 aliphatic carbocycles. The average Bonchev–Trinajstić information content (AvgIpc) is 3.02. The smallest absolute Gasteiger partial charge is 0.276 e. The second-order valence-corrected chi connectivity index (χ2v) is 5.14. The van der Waals surface area contributed by atoms with Crippen molar-refractivity contribution in [3.05, 3.63) is 41.6 Å². The predicted octanol–water partition coefficient (Wildman–Crippen LogP) is 2.38. The van der Waals surface area contributed by atoms with Crippen LogP contribution in [0.25, 0.3) is 0 Å². The third kappa shape index (κ3) is 3.11. The molecule has 1 N–H and O–H groups in total. The summed E-state index contributed by atoms with van der Waals surface area (Å²) in [5.41, 5.74) is 0.852. The summed E-state index contributed by atoms with van der Waals surface area (Å²) in [7, 11) is 0. The van der Waals surface area contributed by atoms with Crippen LogP contribution in [0.3, 0.4) is 0 Å². The minimum atomic E-state index is -0.349. The molecule has 0 unspecified atom stereocenters. The van der Waals surface area contributed by atoms with Gasteiger partial charge in [-0.05, 0) is 25.0 Å². The van der Waals surface area contributed by atoms with Gasteiger partial charge in [-0.2, -0.15) is 0 Å². The van der Waals surface area contributed by atoms with E-state index in [4.69, 9.17) is 11.6 Å². The van der Waals surface area contributed by atoms with Gasteiger partial charge in [0.15, 0.2) is 5.82 Å². The van der Waals surface area contributed by atoms with Crippen LogP contribution in [0.1, 0.15) is 23.3 Å². The highest BCUT2D eigenvalue weighted by atomic mass is 35.5. The lowest BCUT2D eigenvalue weighted by Gasteiger charge is -2.19. The number of rotatable bonds is 3. The lowest BCUT2D eigenvalue weighted by molar-refractivity contribution is 0.102. The van der Waals surface area contributed by atoms with Gasteiger partial charge in [-0.1, -0.05) is 11.6 Å². The van der Waals surface area contributed by atoms with Crippen LogP contribution in [0.5, 0.6) is 0 Å². The Balaban J connectivity index is 1.83. The maximum atomic E-state index is 12.2. The van der Waals surface area contributed by atoms with Crippen LogP contribution >= 0.6 is 11.6 Å². The number of pyridine rings is 1. The Labute approximate surface area is 127 Å². The van der Waals surface area contributed by atoms with Crippen molar-refractivity contribution in [2.75, 3.05) is 23.3 Å². The first-order valence-corrected chi connectivity index (χ1v) is 7.11. The highest BCUT2D eigenvalue weighted by molar-refractivity contribution is 6.29. The van der Waals surface area contributed by atoms with Crippen molar-refractivity contribution in [1.82, 2.24) is 15.0 Å². The minimum Gasteiger partial charge on any atom is -0.355 e. The lowest BCUT2D eigenvalue weighted by Crippen LogP contribution is -2.22. The molecule has 0 atom stereocenters. The van der Waals surface area contributed by atoms with E-state index in [0.29, 0.717) is 5.69 Å². The van der Waals surface area contributed by atoms with Crippen molar-refractivity contribution in [2.45, 2.75) is 12.8 Å². The average molecular weight is 304 g/mol. The lowest BCUT2D eigenvalue weighted by atomic mass is 10.3. The molecule has 3 rings (SSSR count). The van der Waals surface area contributed by atoms with Crippen molar-refractivity contribution >= 4 is 29.0 Å². The first-order chi connectivity index (χ1) is 10.2. The molecule has 3 heterocycles. The molecule has 0 aromatic carbocycles. The Morgan fingerprint density at radius 3 is 2.86 bits per heavy atom. The summed E-state index contributed by atoms with van der Waals surface area (Å²) in [6, 6.07) is 3.62. The monoisotopic (exact) mass is 303 g/mol. The van der Waals surface area contributed by atoms with Crippen LogP contribution in [0.2, 0.25) is 5.15 Å². The first kappa shape index (κ1) is 13.8. The van der Waals surface area contributed by atoms with Crippen LogP contribution in [0, 0.1) is 0 Å². The number of carbonyl (C=O) groups excluding carboxylic acids is 1. The molecule has 6 nitrogen and oxygen atoms in total. The third-order valence-corrected chi connectivity index (χ3v) is 3.46. The molecule has 1 amide bonds. The second-order valence-electron chi connectivity index (χ2n) is 4.75. The van der Waals surface area contributed by atoms with Gasteiger partial charge in [-0.3, -0.25) is 9.78 Å². The van der Waals surface area contributed by atoms with Crippen molar-refractivity contribution in [2.24, 2.45) is 0 Å². The van der Waals surface area contributed by atoms with E-state index in [1.807, 2.05) is 6.07 Å². The van der Waals surface area contributed by atoms with E-state index < -0.39 is 0 Å². The van der Waals surface area contributed by atoms with Gasteiger partial charge < -0.3 is 10.2 Å². The fourth-order valence-corrected chi connectivity index (χ4v) is 2.46. The van der Waals surface area contributed by atoms with Gasteiger partial charge in [0.25, 0.3) is 5.91 Å². The summed E-state index contributed by atoms with van der Waals surface area (Å²) in [6.07, 6.45) is 6.78. The maximum Gasteiger partial charge on any atom is 0.276 e. The maximum absolute atomic E-state index is 12.2. The molecule has 0 bridgehead atoms. The van der Waals surface area contributed by atoms with E-state index in [2.05, 4.69) is 25.2 Å². The summed E-state index contributed by atoms with van der Waals surface area (Å²) < 4.78 is 0. The molecule has 0 spiro atoms. The van der Waals surface area contributed by atoms with Gasteiger partial charge >= 0.3 is 0 Å². The predicted molar refractivity (Wildman–Crippen MR) is 80.7 cm³/mol. The number of hydrogen-bond donors (Lipinski definition) is 1. The van der Waals surface area contributed by atoms with E-state index in [1.54, 1.807) is 12.3 Å². The molecule has 108 valence electrons. The van der Waals surface area contributed by atoms with Gasteiger partial charge in [0.2, 0.25) is 0 Å². The number of anilines is 2. The summed E-state index contributed by atoms with van der Waals surface area (Å²) in [5, 5.41) is 3.02. The Hall–Kier alpha value is -2.21. The molecule has 1 aliphatic rings. The van der Waals surface area contributed by atoms with Gasteiger partial charge in [0.1, 0.15) is 10.8 Å². The summed E-state index contributed by atoms with van der Waals surface area (Å²) >= 11 is 5.75. The van der Waals surface area contributed by atoms with Gasteiger partial charge in [-0.15, -0.1) is 0 Å². The van der Waals surface area contributed by atoms with Crippen LogP contribution in [-0.4, -0.2) is 33.9 Å². The summed E-state index contributed by atoms with van der Waals surface area (Å²) in [5.74, 6) is 0.441. The Bertz CT molecular complexity index is 657. The van der Waals surface area contributed by atoms with Crippen molar-refractivity contribution in [1.29, 1.82) is 0 Å². The fourth-order valence-electron chi connectivity index (χ4n) is 2.31. The zero-order valence-corrected chi connectivity index (χ0v) is 12.0. The number of nitrogens with zero attached hydrogens (tertiary/aromatic N) is 4. The van der Waals surface area contributed by atoms with E-state index in [1.165, 1.54) is 12.4 Å². The molecule has 1 fully saturated rings. The molecule has 0 saturated carbocycles. The number of nitrogens with one attached hydrogen (secondary N) is 1. The Kier molecular flexibility index (Phi) is 3.96. The second kappa shape index (κ2) is 6.05. The molecular formula is C14H14ClN5O. The Morgan fingerprint density at radius 1 is 1.29 bits per heavy atom. The number of carbonyl (C=O) groups is 1. The zero-order chi connectivity index (χ0) is 14.7. The highest BCUT2D eigenvalue weighted by Crippen LogP contribution is 2.26.